The summed E-state index contributed by atoms with van der Waals surface area (Å²) in [5.74, 6) is 0.486. The van der Waals surface area contributed by atoms with Crippen molar-refractivity contribution in [2.75, 3.05) is 13.3 Å². The van der Waals surface area contributed by atoms with Crippen molar-refractivity contribution in [1.82, 2.24) is 5.32 Å². The highest BCUT2D eigenvalue weighted by atomic mass is 32.2. The van der Waals surface area contributed by atoms with E-state index >= 15 is 0 Å². The summed E-state index contributed by atoms with van der Waals surface area (Å²) in [6.07, 6.45) is 4.18. The number of fused-ring (bicyclic) bond motifs is 1. The van der Waals surface area contributed by atoms with Crippen LogP contribution >= 0.6 is 11.8 Å². The Morgan fingerprint density at radius 1 is 1.53 bits per heavy atom. The van der Waals surface area contributed by atoms with Crippen LogP contribution in [0.3, 0.4) is 0 Å². The molecule has 1 aliphatic rings. The quantitative estimate of drug-likeness (QED) is 0.756. The van der Waals surface area contributed by atoms with E-state index in [2.05, 4.69) is 18.3 Å². The summed E-state index contributed by atoms with van der Waals surface area (Å²) >= 11 is 1.61. The van der Waals surface area contributed by atoms with Gasteiger partial charge >= 0.3 is 0 Å². The average Bonchev–Trinajstić information content (AvgIpc) is 2.67. The summed E-state index contributed by atoms with van der Waals surface area (Å²) < 4.78 is 0. The van der Waals surface area contributed by atoms with E-state index in [0.29, 0.717) is 11.8 Å². The molecule has 0 saturated carbocycles. The number of thioether (sulfide) groups is 1. The molecule has 2 rings (SSSR count). The minimum atomic E-state index is 0.325. The van der Waals surface area contributed by atoms with Gasteiger partial charge < -0.3 is 10.4 Å². The van der Waals surface area contributed by atoms with Crippen LogP contribution in [-0.4, -0.2) is 18.4 Å². The molecule has 3 heteroatoms. The number of aromatic hydroxyl groups is 1. The summed E-state index contributed by atoms with van der Waals surface area (Å²) in [4.78, 5) is 0.994. The highest BCUT2D eigenvalue weighted by Crippen LogP contribution is 2.43. The predicted molar refractivity (Wildman–Crippen MR) is 64.7 cm³/mol. The van der Waals surface area contributed by atoms with E-state index in [1.807, 2.05) is 13.3 Å². The number of hydrogen-bond acceptors (Lipinski definition) is 3. The Morgan fingerprint density at radius 2 is 2.27 bits per heavy atom. The van der Waals surface area contributed by atoms with Crippen molar-refractivity contribution in [3.63, 3.8) is 0 Å². The summed E-state index contributed by atoms with van der Waals surface area (Å²) in [5, 5.41) is 13.4. The summed E-state index contributed by atoms with van der Waals surface area (Å²) in [6, 6.07) is 2.42. The lowest BCUT2D eigenvalue weighted by molar-refractivity contribution is 0.444. The van der Waals surface area contributed by atoms with Crippen LogP contribution in [0.5, 0.6) is 5.75 Å². The Kier molecular flexibility index (Phi) is 2.94. The Morgan fingerprint density at radius 3 is 2.87 bits per heavy atom. The zero-order valence-corrected chi connectivity index (χ0v) is 10.2. The van der Waals surface area contributed by atoms with Crippen molar-refractivity contribution in [3.05, 3.63) is 22.8 Å². The number of rotatable bonds is 2. The molecule has 0 heterocycles. The summed E-state index contributed by atoms with van der Waals surface area (Å²) in [7, 11) is 1.96. The normalized spacial score (nSPS) is 19.3. The van der Waals surface area contributed by atoms with Gasteiger partial charge in [-0.3, -0.25) is 0 Å². The number of phenols is 1. The van der Waals surface area contributed by atoms with Gasteiger partial charge in [0.2, 0.25) is 0 Å². The van der Waals surface area contributed by atoms with Gasteiger partial charge in [-0.1, -0.05) is 0 Å². The third-order valence-corrected chi connectivity index (χ3v) is 3.99. The topological polar surface area (TPSA) is 32.3 Å². The van der Waals surface area contributed by atoms with Crippen LogP contribution in [0.25, 0.3) is 0 Å². The first kappa shape index (κ1) is 10.8. The van der Waals surface area contributed by atoms with Crippen molar-refractivity contribution >= 4 is 11.8 Å². The van der Waals surface area contributed by atoms with E-state index in [4.69, 9.17) is 0 Å². The molecule has 1 unspecified atom stereocenters. The second-order valence-corrected chi connectivity index (χ2v) is 4.86. The van der Waals surface area contributed by atoms with E-state index in [1.54, 1.807) is 11.8 Å². The molecule has 0 aliphatic heterocycles. The highest BCUT2D eigenvalue weighted by molar-refractivity contribution is 7.98. The predicted octanol–water partition coefficient (Wildman–Crippen LogP) is 2.63. The minimum absolute atomic E-state index is 0.325. The van der Waals surface area contributed by atoms with Crippen molar-refractivity contribution in [1.29, 1.82) is 0 Å². The van der Waals surface area contributed by atoms with Crippen LogP contribution in [0.1, 0.15) is 29.2 Å². The van der Waals surface area contributed by atoms with Gasteiger partial charge in [-0.25, -0.2) is 0 Å². The molecule has 1 atom stereocenters. The van der Waals surface area contributed by atoms with E-state index in [0.717, 1.165) is 23.3 Å². The lowest BCUT2D eigenvalue weighted by Gasteiger charge is -2.15. The van der Waals surface area contributed by atoms with Crippen molar-refractivity contribution in [3.8, 4) is 5.75 Å². The lowest BCUT2D eigenvalue weighted by atomic mass is 10.0. The zero-order valence-electron chi connectivity index (χ0n) is 9.42. The van der Waals surface area contributed by atoms with Gasteiger partial charge in [-0.05, 0) is 50.3 Å². The Balaban J connectivity index is 2.60. The Labute approximate surface area is 95.1 Å². The van der Waals surface area contributed by atoms with E-state index in [1.165, 1.54) is 11.1 Å². The molecule has 0 spiro atoms. The van der Waals surface area contributed by atoms with Crippen molar-refractivity contribution < 1.29 is 5.11 Å². The molecule has 1 aromatic rings. The second-order valence-electron chi connectivity index (χ2n) is 4.02. The molecule has 15 heavy (non-hydrogen) atoms. The van der Waals surface area contributed by atoms with Gasteiger partial charge in [-0.2, -0.15) is 0 Å². The molecule has 2 N–H and O–H groups in total. The van der Waals surface area contributed by atoms with Gasteiger partial charge in [0.1, 0.15) is 5.75 Å². The number of hydrogen-bond donors (Lipinski definition) is 2. The Bertz CT molecular complexity index is 390. The van der Waals surface area contributed by atoms with Crippen LogP contribution in [0.4, 0.5) is 0 Å². The van der Waals surface area contributed by atoms with Crippen LogP contribution in [0, 0.1) is 6.92 Å². The zero-order chi connectivity index (χ0) is 11.0. The van der Waals surface area contributed by atoms with Crippen molar-refractivity contribution in [2.45, 2.75) is 30.7 Å². The van der Waals surface area contributed by atoms with Gasteiger partial charge in [0.25, 0.3) is 0 Å². The van der Waals surface area contributed by atoms with Crippen LogP contribution in [-0.2, 0) is 6.42 Å². The number of aryl methyl sites for hydroxylation is 1. The molecule has 0 fully saturated rings. The van der Waals surface area contributed by atoms with E-state index < -0.39 is 0 Å². The maximum atomic E-state index is 10.2. The van der Waals surface area contributed by atoms with E-state index in [9.17, 15) is 5.11 Å². The third kappa shape index (κ3) is 1.64. The summed E-state index contributed by atoms with van der Waals surface area (Å²) in [5.41, 5.74) is 3.77. The molecule has 0 saturated heterocycles. The first-order valence-corrected chi connectivity index (χ1v) is 6.48. The first-order valence-electron chi connectivity index (χ1n) is 5.25. The van der Waals surface area contributed by atoms with Gasteiger partial charge in [0.15, 0.2) is 0 Å². The molecule has 0 radical (unpaired) electrons. The molecule has 1 aromatic carbocycles. The smallest absolute Gasteiger partial charge is 0.134 e. The van der Waals surface area contributed by atoms with Gasteiger partial charge in [0.05, 0.1) is 0 Å². The standard InChI is InChI=1S/C12H17NOS/c1-7-6-10(15-3)12(14)11-8(7)4-5-9(11)13-2/h6,9,13-14H,4-5H2,1-3H3. The molecule has 82 valence electrons. The first-order chi connectivity index (χ1) is 7.19. The van der Waals surface area contributed by atoms with Crippen LogP contribution < -0.4 is 5.32 Å². The van der Waals surface area contributed by atoms with Gasteiger partial charge in [-0.15, -0.1) is 11.8 Å². The van der Waals surface area contributed by atoms with E-state index in [-0.39, 0.29) is 0 Å². The average molecular weight is 223 g/mol. The maximum Gasteiger partial charge on any atom is 0.134 e. The largest absolute Gasteiger partial charge is 0.506 e. The fourth-order valence-corrected chi connectivity index (χ4v) is 3.02. The molecule has 2 nitrogen and oxygen atoms in total. The van der Waals surface area contributed by atoms with Crippen molar-refractivity contribution in [2.24, 2.45) is 0 Å². The number of phenolic OH excluding ortho intramolecular Hbond substituents is 1. The SMILES string of the molecule is CNC1CCc2c(C)cc(SC)c(O)c21. The molecular weight excluding hydrogens is 206 g/mol. The molecule has 0 amide bonds. The number of nitrogens with one attached hydrogen (secondary N) is 1. The fraction of sp³-hybridized carbons (Fsp3) is 0.500. The Hall–Kier alpha value is -0.670. The highest BCUT2D eigenvalue weighted by Gasteiger charge is 2.27. The van der Waals surface area contributed by atoms with Gasteiger partial charge in [0, 0.05) is 16.5 Å². The molecule has 1 aliphatic carbocycles. The number of benzene rings is 1. The molecular formula is C12H17NOS. The summed E-state index contributed by atoms with van der Waals surface area (Å²) in [6.45, 7) is 2.13. The van der Waals surface area contributed by atoms with Crippen LogP contribution in [0.15, 0.2) is 11.0 Å². The van der Waals surface area contributed by atoms with Crippen LogP contribution in [0.2, 0.25) is 0 Å². The fourth-order valence-electron chi connectivity index (χ4n) is 2.42. The third-order valence-electron chi connectivity index (χ3n) is 3.24. The monoisotopic (exact) mass is 223 g/mol. The lowest BCUT2D eigenvalue weighted by Crippen LogP contribution is -2.13. The second kappa shape index (κ2) is 4.06. The maximum absolute atomic E-state index is 10.2. The molecule has 0 bridgehead atoms. The minimum Gasteiger partial charge on any atom is -0.506 e. The molecule has 0 aromatic heterocycles.